The van der Waals surface area contributed by atoms with Crippen LogP contribution in [0.25, 0.3) is 0 Å². The molecular weight excluding hydrogens is 256 g/mol. The van der Waals surface area contributed by atoms with Crippen LogP contribution in [-0.4, -0.2) is 51.6 Å². The molecule has 1 aromatic heterocycles. The lowest BCUT2D eigenvalue weighted by Gasteiger charge is -2.23. The van der Waals surface area contributed by atoms with Gasteiger partial charge in [-0.05, 0) is 39.7 Å². The first-order valence-electron chi connectivity index (χ1n) is 7.06. The van der Waals surface area contributed by atoms with Crippen molar-refractivity contribution in [1.82, 2.24) is 20.0 Å². The Morgan fingerprint density at radius 1 is 1.50 bits per heavy atom. The number of rotatable bonds is 6. The number of carbonyl (C=O) groups excluding carboxylic acids is 1. The third kappa shape index (κ3) is 3.96. The first-order chi connectivity index (χ1) is 9.40. The predicted octanol–water partition coefficient (Wildman–Crippen LogP) is 0.992. The average molecular weight is 282 g/mol. The summed E-state index contributed by atoms with van der Waals surface area (Å²) >= 11 is 0. The Balaban J connectivity index is 2.63. The number of carbonyl (C=O) groups is 1. The van der Waals surface area contributed by atoms with Gasteiger partial charge >= 0.3 is 6.03 Å². The van der Waals surface area contributed by atoms with Gasteiger partial charge in [-0.1, -0.05) is 0 Å². The highest BCUT2D eigenvalue weighted by Crippen LogP contribution is 2.14. The van der Waals surface area contributed by atoms with Crippen molar-refractivity contribution in [3.63, 3.8) is 0 Å². The molecule has 1 heterocycles. The fourth-order valence-corrected chi connectivity index (χ4v) is 2.30. The minimum Gasteiger partial charge on any atom is -0.395 e. The number of likely N-dealkylation sites (N-methyl/N-ethyl adjacent to an activating group) is 1. The van der Waals surface area contributed by atoms with E-state index in [1.165, 1.54) is 5.56 Å². The van der Waals surface area contributed by atoms with Crippen LogP contribution in [0.4, 0.5) is 4.79 Å². The Bertz CT molecular complexity index is 456. The van der Waals surface area contributed by atoms with E-state index in [1.807, 2.05) is 39.4 Å². The van der Waals surface area contributed by atoms with Gasteiger partial charge in [-0.3, -0.25) is 4.68 Å². The fourth-order valence-electron chi connectivity index (χ4n) is 2.30. The largest absolute Gasteiger partial charge is 0.395 e. The van der Waals surface area contributed by atoms with Gasteiger partial charge in [0, 0.05) is 31.9 Å². The van der Waals surface area contributed by atoms with E-state index in [2.05, 4.69) is 10.4 Å². The number of nitrogens with zero attached hydrogens (tertiary/aromatic N) is 3. The van der Waals surface area contributed by atoms with Crippen molar-refractivity contribution in [3.05, 3.63) is 17.0 Å². The summed E-state index contributed by atoms with van der Waals surface area (Å²) in [5, 5.41) is 16.3. The normalized spacial score (nSPS) is 12.3. The molecule has 1 unspecified atom stereocenters. The lowest BCUT2D eigenvalue weighted by molar-refractivity contribution is 0.177. The molecule has 2 N–H and O–H groups in total. The van der Waals surface area contributed by atoms with Gasteiger partial charge in [-0.25, -0.2) is 4.79 Å². The summed E-state index contributed by atoms with van der Waals surface area (Å²) in [6.45, 7) is 8.83. The molecular formula is C14H26N4O2. The molecule has 0 saturated carbocycles. The molecule has 1 rings (SSSR count). The summed E-state index contributed by atoms with van der Waals surface area (Å²) in [4.78, 5) is 13.6. The van der Waals surface area contributed by atoms with E-state index < -0.39 is 0 Å². The number of aromatic nitrogens is 2. The molecule has 20 heavy (non-hydrogen) atoms. The number of hydrogen-bond donors (Lipinski definition) is 2. The summed E-state index contributed by atoms with van der Waals surface area (Å²) < 4.78 is 1.86. The highest BCUT2D eigenvalue weighted by atomic mass is 16.3. The minimum absolute atomic E-state index is 0.0174. The van der Waals surface area contributed by atoms with Crippen LogP contribution >= 0.6 is 0 Å². The summed E-state index contributed by atoms with van der Waals surface area (Å²) in [6, 6.07) is -0.106. The molecule has 6 heteroatoms. The molecule has 0 bridgehead atoms. The van der Waals surface area contributed by atoms with E-state index in [0.717, 1.165) is 17.8 Å². The molecule has 0 aliphatic heterocycles. The van der Waals surface area contributed by atoms with E-state index in [4.69, 9.17) is 5.11 Å². The zero-order valence-electron chi connectivity index (χ0n) is 13.1. The van der Waals surface area contributed by atoms with E-state index in [0.29, 0.717) is 13.1 Å². The summed E-state index contributed by atoms with van der Waals surface area (Å²) in [7, 11) is 1.93. The zero-order chi connectivity index (χ0) is 15.3. The highest BCUT2D eigenvalue weighted by Gasteiger charge is 2.17. The number of nitrogens with one attached hydrogen (secondary N) is 1. The first-order valence-corrected chi connectivity index (χ1v) is 7.06. The van der Waals surface area contributed by atoms with Gasteiger partial charge in [0.15, 0.2) is 0 Å². The van der Waals surface area contributed by atoms with Gasteiger partial charge in [0.1, 0.15) is 0 Å². The van der Waals surface area contributed by atoms with Gasteiger partial charge in [-0.2, -0.15) is 5.10 Å². The maximum atomic E-state index is 12.0. The van der Waals surface area contributed by atoms with Crippen molar-refractivity contribution < 1.29 is 9.90 Å². The van der Waals surface area contributed by atoms with Crippen LogP contribution < -0.4 is 5.32 Å². The Kier molecular flexibility index (Phi) is 6.01. The van der Waals surface area contributed by atoms with Gasteiger partial charge in [-0.15, -0.1) is 0 Å². The molecule has 6 nitrogen and oxygen atoms in total. The molecule has 1 aromatic rings. The molecule has 0 spiro atoms. The number of urea groups is 1. The van der Waals surface area contributed by atoms with Crippen molar-refractivity contribution in [2.24, 2.45) is 7.05 Å². The Hall–Kier alpha value is -1.56. The maximum absolute atomic E-state index is 12.0. The number of aliphatic hydroxyl groups excluding tert-OH is 1. The number of hydrogen-bond acceptors (Lipinski definition) is 3. The fraction of sp³-hybridized carbons (Fsp3) is 0.714. The van der Waals surface area contributed by atoms with E-state index in [9.17, 15) is 4.79 Å². The van der Waals surface area contributed by atoms with Crippen molar-refractivity contribution in [2.45, 2.75) is 40.2 Å². The summed E-state index contributed by atoms with van der Waals surface area (Å²) in [5.74, 6) is 0. The lowest BCUT2D eigenvalue weighted by atomic mass is 10.1. The van der Waals surface area contributed by atoms with E-state index in [-0.39, 0.29) is 18.7 Å². The molecule has 0 fully saturated rings. The van der Waals surface area contributed by atoms with Crippen molar-refractivity contribution in [1.29, 1.82) is 0 Å². The summed E-state index contributed by atoms with van der Waals surface area (Å²) in [5.41, 5.74) is 3.32. The second-order valence-electron chi connectivity index (χ2n) is 5.13. The smallest absolute Gasteiger partial charge is 0.317 e. The number of amides is 2. The third-order valence-electron chi connectivity index (χ3n) is 3.58. The Morgan fingerprint density at radius 3 is 2.60 bits per heavy atom. The van der Waals surface area contributed by atoms with Crippen LogP contribution in [0.2, 0.25) is 0 Å². The zero-order valence-corrected chi connectivity index (χ0v) is 13.1. The Labute approximate surface area is 120 Å². The van der Waals surface area contributed by atoms with Crippen LogP contribution in [0, 0.1) is 13.8 Å². The van der Waals surface area contributed by atoms with Crippen molar-refractivity contribution >= 4 is 6.03 Å². The molecule has 1 atom stereocenters. The van der Waals surface area contributed by atoms with Crippen molar-refractivity contribution in [3.8, 4) is 0 Å². The molecule has 0 aromatic carbocycles. The van der Waals surface area contributed by atoms with Crippen LogP contribution in [0.15, 0.2) is 0 Å². The number of aliphatic hydroxyl groups is 1. The van der Waals surface area contributed by atoms with E-state index in [1.54, 1.807) is 4.90 Å². The second kappa shape index (κ2) is 7.28. The van der Waals surface area contributed by atoms with Gasteiger partial charge < -0.3 is 15.3 Å². The minimum atomic E-state index is -0.131. The van der Waals surface area contributed by atoms with Crippen molar-refractivity contribution in [2.75, 3.05) is 19.7 Å². The van der Waals surface area contributed by atoms with Crippen LogP contribution in [0.1, 0.15) is 30.8 Å². The Morgan fingerprint density at radius 2 is 2.15 bits per heavy atom. The molecule has 0 saturated heterocycles. The molecule has 114 valence electrons. The SMILES string of the molecule is CCN(CCO)C(=O)NC(C)Cc1c(C)nn(C)c1C. The maximum Gasteiger partial charge on any atom is 0.317 e. The van der Waals surface area contributed by atoms with Gasteiger partial charge in [0.2, 0.25) is 0 Å². The lowest BCUT2D eigenvalue weighted by Crippen LogP contribution is -2.45. The quantitative estimate of drug-likeness (QED) is 0.817. The monoisotopic (exact) mass is 282 g/mol. The van der Waals surface area contributed by atoms with Crippen LogP contribution in [0.5, 0.6) is 0 Å². The average Bonchev–Trinajstić information content (AvgIpc) is 2.62. The molecule has 0 radical (unpaired) electrons. The van der Waals surface area contributed by atoms with Crippen LogP contribution in [0.3, 0.4) is 0 Å². The first kappa shape index (κ1) is 16.5. The van der Waals surface area contributed by atoms with Gasteiger partial charge in [0.25, 0.3) is 0 Å². The highest BCUT2D eigenvalue weighted by molar-refractivity contribution is 5.74. The number of aryl methyl sites for hydroxylation is 2. The van der Waals surface area contributed by atoms with Gasteiger partial charge in [0.05, 0.1) is 12.3 Å². The molecule has 2 amide bonds. The standard InChI is InChI=1S/C14H26N4O2/c1-6-18(7-8-19)14(20)15-10(2)9-13-11(3)16-17(5)12(13)4/h10,19H,6-9H2,1-5H3,(H,15,20). The van der Waals surface area contributed by atoms with E-state index >= 15 is 0 Å². The second-order valence-corrected chi connectivity index (χ2v) is 5.13. The topological polar surface area (TPSA) is 70.4 Å². The van der Waals surface area contributed by atoms with Crippen LogP contribution in [-0.2, 0) is 13.5 Å². The predicted molar refractivity (Wildman–Crippen MR) is 78.7 cm³/mol. The molecule has 0 aliphatic carbocycles. The third-order valence-corrected chi connectivity index (χ3v) is 3.58. The molecule has 0 aliphatic rings. The summed E-state index contributed by atoms with van der Waals surface area (Å²) in [6.07, 6.45) is 0.758.